The average molecular weight is 419 g/mol. The first-order valence-corrected chi connectivity index (χ1v) is 12.0. The Hall–Kier alpha value is -1.81. The Morgan fingerprint density at radius 1 is 0.464 bits per heavy atom. The van der Waals surface area contributed by atoms with Crippen LogP contribution in [0.2, 0.25) is 0 Å². The first-order chi connectivity index (χ1) is 13.5. The van der Waals surface area contributed by atoms with Crippen LogP contribution in [0.25, 0.3) is 0 Å². The van der Waals surface area contributed by atoms with Crippen molar-refractivity contribution in [2.24, 2.45) is 0 Å². The fourth-order valence-electron chi connectivity index (χ4n) is 2.87. The van der Waals surface area contributed by atoms with Crippen LogP contribution in [0.3, 0.4) is 0 Å². The van der Waals surface area contributed by atoms with Crippen molar-refractivity contribution in [2.75, 3.05) is 42.7 Å². The van der Waals surface area contributed by atoms with E-state index in [4.69, 9.17) is 26.6 Å². The smallest absolute Gasteiger partial charge is 0.373 e. The molecule has 0 aliphatic rings. The predicted molar refractivity (Wildman–Crippen MR) is 112 cm³/mol. The summed E-state index contributed by atoms with van der Waals surface area (Å²) < 4.78 is 32.9. The lowest BCUT2D eigenvalue weighted by Crippen LogP contribution is -2.54. The van der Waals surface area contributed by atoms with Crippen LogP contribution in [-0.2, 0) is 26.6 Å². The summed E-state index contributed by atoms with van der Waals surface area (Å²) in [6, 6.07) is 15.4. The molecular weight excluding hydrogens is 392 g/mol. The molecule has 0 fully saturated rings. The number of rotatable bonds is 8. The maximum atomic E-state index is 5.49. The Labute approximate surface area is 169 Å². The highest BCUT2D eigenvalue weighted by atomic mass is 28.4. The van der Waals surface area contributed by atoms with Gasteiger partial charge in [-0.3, -0.25) is 0 Å². The fourth-order valence-corrected chi connectivity index (χ4v) is 6.43. The normalized spacial score (nSPS) is 11.8. The van der Waals surface area contributed by atoms with Crippen molar-refractivity contribution in [2.45, 2.75) is 0 Å². The monoisotopic (exact) mass is 418 g/mol. The summed E-state index contributed by atoms with van der Waals surface area (Å²) in [6.07, 6.45) is 0. The molecule has 6 nitrogen and oxygen atoms in total. The van der Waals surface area contributed by atoms with Gasteiger partial charge in [-0.2, -0.15) is 0 Å². The van der Waals surface area contributed by atoms with Crippen molar-refractivity contribution in [3.63, 3.8) is 0 Å². The van der Waals surface area contributed by atoms with Crippen LogP contribution in [-0.4, -0.2) is 60.3 Å². The van der Waals surface area contributed by atoms with Gasteiger partial charge in [0.1, 0.15) is 0 Å². The van der Waals surface area contributed by atoms with Crippen molar-refractivity contribution in [3.05, 3.63) is 59.7 Å². The first-order valence-electron chi connectivity index (χ1n) is 8.57. The maximum absolute atomic E-state index is 5.49. The molecule has 0 unspecified atom stereocenters. The zero-order chi connectivity index (χ0) is 20.6. The standard InChI is InChI=1S/C20H26O6Si2/c1-21-27(22-2,23-3)19-13-9-17(10-14-19)7-8-18-11-15-20(16-12-18)28(24-4,25-5)26-6/h9-16H,1-6H3. The summed E-state index contributed by atoms with van der Waals surface area (Å²) >= 11 is 0. The van der Waals surface area contributed by atoms with E-state index in [0.717, 1.165) is 21.5 Å². The lowest BCUT2D eigenvalue weighted by molar-refractivity contribution is 0.140. The highest BCUT2D eigenvalue weighted by Gasteiger charge is 2.41. The van der Waals surface area contributed by atoms with E-state index in [1.165, 1.54) is 0 Å². The highest BCUT2D eigenvalue weighted by Crippen LogP contribution is 2.09. The maximum Gasteiger partial charge on any atom is 0.536 e. The minimum Gasteiger partial charge on any atom is -0.373 e. The molecule has 8 heteroatoms. The van der Waals surface area contributed by atoms with E-state index in [9.17, 15) is 0 Å². The van der Waals surface area contributed by atoms with Crippen LogP contribution in [0, 0.1) is 11.8 Å². The van der Waals surface area contributed by atoms with E-state index in [2.05, 4.69) is 11.8 Å². The molecule has 0 aromatic heterocycles. The van der Waals surface area contributed by atoms with Gasteiger partial charge in [0.05, 0.1) is 0 Å². The first kappa shape index (κ1) is 22.5. The molecule has 0 spiro atoms. The molecular formula is C20H26O6Si2. The molecule has 0 aliphatic carbocycles. The van der Waals surface area contributed by atoms with Crippen LogP contribution in [0.1, 0.15) is 11.1 Å². The average Bonchev–Trinajstić information content (AvgIpc) is 2.77. The summed E-state index contributed by atoms with van der Waals surface area (Å²) in [5, 5.41) is 1.77. The third kappa shape index (κ3) is 4.60. The van der Waals surface area contributed by atoms with Crippen LogP contribution < -0.4 is 10.4 Å². The molecule has 2 aromatic carbocycles. The zero-order valence-corrected chi connectivity index (χ0v) is 19.1. The molecule has 0 heterocycles. The van der Waals surface area contributed by atoms with E-state index < -0.39 is 17.6 Å². The summed E-state index contributed by atoms with van der Waals surface area (Å²) in [5.41, 5.74) is 1.77. The van der Waals surface area contributed by atoms with Gasteiger partial charge in [-0.05, 0) is 24.3 Å². The van der Waals surface area contributed by atoms with Crippen molar-refractivity contribution in [1.82, 2.24) is 0 Å². The minimum absolute atomic E-state index is 0.883. The third-order valence-corrected chi connectivity index (χ3v) is 9.75. The van der Waals surface area contributed by atoms with Crippen LogP contribution in [0.4, 0.5) is 0 Å². The second kappa shape index (κ2) is 10.1. The molecule has 0 radical (unpaired) electrons. The third-order valence-electron chi connectivity index (χ3n) is 4.44. The molecule has 0 aliphatic heterocycles. The van der Waals surface area contributed by atoms with E-state index in [1.54, 1.807) is 42.7 Å². The van der Waals surface area contributed by atoms with Crippen LogP contribution >= 0.6 is 0 Å². The Kier molecular flexibility index (Phi) is 8.12. The van der Waals surface area contributed by atoms with E-state index >= 15 is 0 Å². The molecule has 2 aromatic rings. The van der Waals surface area contributed by atoms with E-state index in [1.807, 2.05) is 48.5 Å². The van der Waals surface area contributed by atoms with Gasteiger partial charge in [0.25, 0.3) is 0 Å². The quantitative estimate of drug-likeness (QED) is 0.475. The van der Waals surface area contributed by atoms with Crippen molar-refractivity contribution >= 4 is 28.0 Å². The van der Waals surface area contributed by atoms with Crippen molar-refractivity contribution in [3.8, 4) is 11.8 Å². The predicted octanol–water partition coefficient (Wildman–Crippen LogP) is 1.26. The number of hydrogen-bond donors (Lipinski definition) is 0. The van der Waals surface area contributed by atoms with Gasteiger partial charge in [0, 0.05) is 64.2 Å². The number of hydrogen-bond acceptors (Lipinski definition) is 6. The lowest BCUT2D eigenvalue weighted by atomic mass is 10.2. The second-order valence-electron chi connectivity index (χ2n) is 5.74. The van der Waals surface area contributed by atoms with Crippen molar-refractivity contribution < 1.29 is 26.6 Å². The van der Waals surface area contributed by atoms with Gasteiger partial charge in [-0.15, -0.1) is 0 Å². The van der Waals surface area contributed by atoms with Crippen LogP contribution in [0.5, 0.6) is 0 Å². The second-order valence-corrected chi connectivity index (χ2v) is 11.6. The topological polar surface area (TPSA) is 55.4 Å². The molecule has 2 rings (SSSR count). The van der Waals surface area contributed by atoms with E-state index in [-0.39, 0.29) is 0 Å². The lowest BCUT2D eigenvalue weighted by Gasteiger charge is -2.24. The van der Waals surface area contributed by atoms with E-state index in [0.29, 0.717) is 0 Å². The van der Waals surface area contributed by atoms with Gasteiger partial charge >= 0.3 is 17.6 Å². The Morgan fingerprint density at radius 2 is 0.714 bits per heavy atom. The highest BCUT2D eigenvalue weighted by molar-refractivity contribution is 6.75. The molecule has 0 amide bonds. The Bertz CT molecular complexity index is 719. The molecule has 0 saturated heterocycles. The number of benzene rings is 2. The Balaban J connectivity index is 2.20. The van der Waals surface area contributed by atoms with Gasteiger partial charge < -0.3 is 26.6 Å². The van der Waals surface area contributed by atoms with Gasteiger partial charge in [-0.1, -0.05) is 36.1 Å². The van der Waals surface area contributed by atoms with Crippen LogP contribution in [0.15, 0.2) is 48.5 Å². The molecule has 0 saturated carbocycles. The molecule has 28 heavy (non-hydrogen) atoms. The summed E-state index contributed by atoms with van der Waals surface area (Å²) in [6.45, 7) is 0. The largest absolute Gasteiger partial charge is 0.536 e. The SMILES string of the molecule is CO[Si](OC)(OC)c1ccc(C#Cc2ccc([Si](OC)(OC)OC)cc2)cc1. The van der Waals surface area contributed by atoms with Gasteiger partial charge in [-0.25, -0.2) is 0 Å². The Morgan fingerprint density at radius 3 is 0.929 bits per heavy atom. The minimum atomic E-state index is -2.82. The van der Waals surface area contributed by atoms with Crippen molar-refractivity contribution in [1.29, 1.82) is 0 Å². The molecule has 0 bridgehead atoms. The fraction of sp³-hybridized carbons (Fsp3) is 0.300. The van der Waals surface area contributed by atoms with Gasteiger partial charge in [0.2, 0.25) is 0 Å². The van der Waals surface area contributed by atoms with Gasteiger partial charge in [0.15, 0.2) is 0 Å². The summed E-state index contributed by atoms with van der Waals surface area (Å²) in [5.74, 6) is 6.31. The molecule has 150 valence electrons. The molecule has 0 N–H and O–H groups in total. The molecule has 0 atom stereocenters. The summed E-state index contributed by atoms with van der Waals surface area (Å²) in [4.78, 5) is 0. The zero-order valence-electron chi connectivity index (χ0n) is 17.1. The summed E-state index contributed by atoms with van der Waals surface area (Å²) in [7, 11) is 3.89.